The Kier molecular flexibility index (Phi) is 4.26. The number of para-hydroxylation sites is 1. The second-order valence-corrected chi connectivity index (χ2v) is 5.94. The van der Waals surface area contributed by atoms with Crippen molar-refractivity contribution in [1.82, 2.24) is 0 Å². The molecule has 3 rings (SSSR count). The van der Waals surface area contributed by atoms with Crippen LogP contribution in [0.2, 0.25) is 0 Å². The summed E-state index contributed by atoms with van der Waals surface area (Å²) in [5.41, 5.74) is 2.29. The fourth-order valence-electron chi connectivity index (χ4n) is 3.22. The summed E-state index contributed by atoms with van der Waals surface area (Å²) >= 11 is 0. The van der Waals surface area contributed by atoms with Crippen molar-refractivity contribution < 1.29 is 9.84 Å². The van der Waals surface area contributed by atoms with Gasteiger partial charge in [0.15, 0.2) is 0 Å². The molecule has 0 saturated heterocycles. The summed E-state index contributed by atoms with van der Waals surface area (Å²) in [6.07, 6.45) is 1.61. The lowest BCUT2D eigenvalue weighted by atomic mass is 9.82. The van der Waals surface area contributed by atoms with Gasteiger partial charge in [-0.1, -0.05) is 55.5 Å². The molecule has 1 aliphatic heterocycles. The van der Waals surface area contributed by atoms with Crippen LogP contribution in [0.15, 0.2) is 54.6 Å². The average molecular weight is 282 g/mol. The van der Waals surface area contributed by atoms with E-state index in [1.54, 1.807) is 0 Å². The van der Waals surface area contributed by atoms with Gasteiger partial charge in [-0.05, 0) is 41.9 Å². The summed E-state index contributed by atoms with van der Waals surface area (Å²) in [4.78, 5) is 0. The van der Waals surface area contributed by atoms with E-state index in [0.29, 0.717) is 5.92 Å². The van der Waals surface area contributed by atoms with E-state index in [1.165, 1.54) is 5.56 Å². The van der Waals surface area contributed by atoms with Crippen molar-refractivity contribution in [2.75, 3.05) is 6.61 Å². The van der Waals surface area contributed by atoms with Crippen LogP contribution >= 0.6 is 0 Å². The average Bonchev–Trinajstić information content (AvgIpc) is 2.55. The first-order valence-electron chi connectivity index (χ1n) is 7.70. The molecule has 0 bridgehead atoms. The lowest BCUT2D eigenvalue weighted by Crippen LogP contribution is -2.19. The number of hydrogen-bond donors (Lipinski definition) is 1. The predicted molar refractivity (Wildman–Crippen MR) is 84.5 cm³/mol. The molecule has 1 heterocycles. The number of aliphatic hydroxyl groups is 1. The second-order valence-electron chi connectivity index (χ2n) is 5.94. The first kappa shape index (κ1) is 14.2. The molecule has 0 aromatic heterocycles. The normalized spacial score (nSPS) is 20.2. The third-order valence-electron chi connectivity index (χ3n) is 4.42. The van der Waals surface area contributed by atoms with Crippen LogP contribution in [0.5, 0.6) is 5.75 Å². The van der Waals surface area contributed by atoms with E-state index in [-0.39, 0.29) is 5.92 Å². The number of benzene rings is 2. The van der Waals surface area contributed by atoms with Crippen molar-refractivity contribution in [2.24, 2.45) is 5.92 Å². The third kappa shape index (κ3) is 3.11. The van der Waals surface area contributed by atoms with Gasteiger partial charge in [0.2, 0.25) is 0 Å². The van der Waals surface area contributed by atoms with Gasteiger partial charge in [-0.25, -0.2) is 0 Å². The molecule has 110 valence electrons. The highest BCUT2D eigenvalue weighted by molar-refractivity contribution is 5.37. The van der Waals surface area contributed by atoms with Crippen molar-refractivity contribution in [3.63, 3.8) is 0 Å². The SMILES string of the molecule is CC(CC1CCOc2ccccc21)C(O)c1ccccc1. The fraction of sp³-hybridized carbons (Fsp3) is 0.368. The van der Waals surface area contributed by atoms with Gasteiger partial charge in [-0.15, -0.1) is 0 Å². The van der Waals surface area contributed by atoms with Gasteiger partial charge in [-0.3, -0.25) is 0 Å². The van der Waals surface area contributed by atoms with Gasteiger partial charge in [0.1, 0.15) is 5.75 Å². The van der Waals surface area contributed by atoms with Crippen LogP contribution in [0.3, 0.4) is 0 Å². The third-order valence-corrected chi connectivity index (χ3v) is 4.42. The maximum atomic E-state index is 10.5. The zero-order valence-electron chi connectivity index (χ0n) is 12.4. The van der Waals surface area contributed by atoms with Gasteiger partial charge in [0.05, 0.1) is 12.7 Å². The topological polar surface area (TPSA) is 29.5 Å². The van der Waals surface area contributed by atoms with Crippen molar-refractivity contribution >= 4 is 0 Å². The van der Waals surface area contributed by atoms with Crippen LogP contribution in [0.1, 0.15) is 42.9 Å². The molecule has 21 heavy (non-hydrogen) atoms. The molecule has 0 amide bonds. The van der Waals surface area contributed by atoms with Crippen LogP contribution < -0.4 is 4.74 Å². The van der Waals surface area contributed by atoms with E-state index in [0.717, 1.165) is 30.8 Å². The molecule has 1 N–H and O–H groups in total. The molecule has 3 unspecified atom stereocenters. The Labute approximate surface area is 126 Å². The van der Waals surface area contributed by atoms with Gasteiger partial charge in [0, 0.05) is 0 Å². The quantitative estimate of drug-likeness (QED) is 0.905. The molecule has 0 saturated carbocycles. The fourth-order valence-corrected chi connectivity index (χ4v) is 3.22. The van der Waals surface area contributed by atoms with Crippen LogP contribution in [0, 0.1) is 5.92 Å². The molecule has 0 spiro atoms. The van der Waals surface area contributed by atoms with Crippen molar-refractivity contribution in [3.05, 3.63) is 65.7 Å². The molecule has 2 aromatic rings. The number of aliphatic hydroxyl groups excluding tert-OH is 1. The lowest BCUT2D eigenvalue weighted by Gasteiger charge is -2.29. The number of ether oxygens (including phenoxy) is 1. The van der Waals surface area contributed by atoms with Crippen LogP contribution in [-0.2, 0) is 0 Å². The Morgan fingerprint density at radius 2 is 1.81 bits per heavy atom. The van der Waals surface area contributed by atoms with Gasteiger partial charge in [0.25, 0.3) is 0 Å². The van der Waals surface area contributed by atoms with Gasteiger partial charge < -0.3 is 9.84 Å². The van der Waals surface area contributed by atoms with E-state index in [9.17, 15) is 5.11 Å². The second kappa shape index (κ2) is 6.31. The summed E-state index contributed by atoms with van der Waals surface area (Å²) in [7, 11) is 0. The molecule has 0 fully saturated rings. The first-order valence-corrected chi connectivity index (χ1v) is 7.70. The number of rotatable bonds is 4. The van der Waals surface area contributed by atoms with Gasteiger partial charge in [-0.2, -0.15) is 0 Å². The Balaban J connectivity index is 1.72. The van der Waals surface area contributed by atoms with Crippen LogP contribution in [0.4, 0.5) is 0 Å². The number of hydrogen-bond acceptors (Lipinski definition) is 2. The molecule has 0 radical (unpaired) electrons. The van der Waals surface area contributed by atoms with E-state index in [2.05, 4.69) is 19.1 Å². The van der Waals surface area contributed by atoms with Crippen molar-refractivity contribution in [3.8, 4) is 5.75 Å². The van der Waals surface area contributed by atoms with E-state index >= 15 is 0 Å². The van der Waals surface area contributed by atoms with Crippen LogP contribution in [0.25, 0.3) is 0 Å². The first-order chi connectivity index (χ1) is 10.3. The highest BCUT2D eigenvalue weighted by Gasteiger charge is 2.26. The maximum absolute atomic E-state index is 10.5. The largest absolute Gasteiger partial charge is 0.493 e. The Bertz CT molecular complexity index is 579. The van der Waals surface area contributed by atoms with Crippen molar-refractivity contribution in [1.29, 1.82) is 0 Å². The summed E-state index contributed by atoms with van der Waals surface area (Å²) in [6, 6.07) is 18.2. The summed E-state index contributed by atoms with van der Waals surface area (Å²) in [5, 5.41) is 10.5. The predicted octanol–water partition coefficient (Wildman–Crippen LogP) is 4.31. The van der Waals surface area contributed by atoms with Crippen molar-refractivity contribution in [2.45, 2.75) is 31.8 Å². The minimum atomic E-state index is -0.402. The maximum Gasteiger partial charge on any atom is 0.122 e. The Morgan fingerprint density at radius 3 is 2.62 bits per heavy atom. The zero-order valence-corrected chi connectivity index (χ0v) is 12.4. The van der Waals surface area contributed by atoms with Gasteiger partial charge >= 0.3 is 0 Å². The molecular formula is C19H22O2. The molecule has 2 heteroatoms. The summed E-state index contributed by atoms with van der Waals surface area (Å²) in [5.74, 6) is 1.71. The highest BCUT2D eigenvalue weighted by atomic mass is 16.5. The molecule has 2 aromatic carbocycles. The minimum Gasteiger partial charge on any atom is -0.493 e. The molecule has 2 nitrogen and oxygen atoms in total. The smallest absolute Gasteiger partial charge is 0.122 e. The molecule has 0 aliphatic carbocycles. The van der Waals surface area contributed by atoms with E-state index < -0.39 is 6.10 Å². The number of fused-ring (bicyclic) bond motifs is 1. The minimum absolute atomic E-state index is 0.226. The summed E-state index contributed by atoms with van der Waals surface area (Å²) in [6.45, 7) is 2.91. The van der Waals surface area contributed by atoms with Crippen LogP contribution in [-0.4, -0.2) is 11.7 Å². The van der Waals surface area contributed by atoms with E-state index in [1.807, 2.05) is 42.5 Å². The monoisotopic (exact) mass is 282 g/mol. The van der Waals surface area contributed by atoms with E-state index in [4.69, 9.17) is 4.74 Å². The Hall–Kier alpha value is -1.80. The summed E-state index contributed by atoms with van der Waals surface area (Å²) < 4.78 is 5.72. The molecule has 3 atom stereocenters. The molecular weight excluding hydrogens is 260 g/mol. The lowest BCUT2D eigenvalue weighted by molar-refractivity contribution is 0.104. The highest BCUT2D eigenvalue weighted by Crippen LogP contribution is 2.39. The Morgan fingerprint density at radius 1 is 1.10 bits per heavy atom. The molecule has 1 aliphatic rings. The zero-order chi connectivity index (χ0) is 14.7. The standard InChI is InChI=1S/C19H22O2/c1-14(19(20)15-7-3-2-4-8-15)13-16-11-12-21-18-10-6-5-9-17(16)18/h2-10,14,16,19-20H,11-13H2,1H3.